The molecule has 0 radical (unpaired) electrons. The number of rotatable bonds is 4. The fourth-order valence-electron chi connectivity index (χ4n) is 2.66. The zero-order valence-corrected chi connectivity index (χ0v) is 11.4. The van der Waals surface area contributed by atoms with Gasteiger partial charge in [-0.3, -0.25) is 4.79 Å². The molecule has 1 aromatic carbocycles. The Morgan fingerprint density at radius 2 is 2.10 bits per heavy atom. The number of amides is 1. The molecule has 0 fully saturated rings. The van der Waals surface area contributed by atoms with E-state index in [0.29, 0.717) is 13.2 Å². The van der Waals surface area contributed by atoms with Gasteiger partial charge in [-0.15, -0.1) is 0 Å². The van der Waals surface area contributed by atoms with Gasteiger partial charge in [-0.2, -0.15) is 0 Å². The van der Waals surface area contributed by atoms with E-state index in [-0.39, 0.29) is 11.8 Å². The van der Waals surface area contributed by atoms with Crippen LogP contribution in [0.2, 0.25) is 0 Å². The van der Waals surface area contributed by atoms with Crippen LogP contribution < -0.4 is 16.0 Å². The molecule has 4 nitrogen and oxygen atoms in total. The summed E-state index contributed by atoms with van der Waals surface area (Å²) in [5.74, 6) is 0.0229. The molecule has 1 amide bonds. The zero-order chi connectivity index (χ0) is 13.8. The van der Waals surface area contributed by atoms with Gasteiger partial charge in [0.25, 0.3) is 0 Å². The van der Waals surface area contributed by atoms with E-state index >= 15 is 0 Å². The van der Waals surface area contributed by atoms with Crippen LogP contribution in [-0.4, -0.2) is 19.1 Å². The lowest BCUT2D eigenvalue weighted by Crippen LogP contribution is -2.36. The van der Waals surface area contributed by atoms with Gasteiger partial charge < -0.3 is 16.0 Å². The van der Waals surface area contributed by atoms with Crippen molar-refractivity contribution < 1.29 is 4.79 Å². The molecule has 1 atom stereocenters. The predicted octanol–water partition coefficient (Wildman–Crippen LogP) is 1.28. The molecule has 2 aliphatic rings. The number of hydrogen-bond acceptors (Lipinski definition) is 3. The van der Waals surface area contributed by atoms with E-state index in [4.69, 9.17) is 0 Å². The summed E-state index contributed by atoms with van der Waals surface area (Å²) in [6.07, 6.45) is 5.74. The second kappa shape index (κ2) is 5.82. The minimum absolute atomic E-state index is 0.0826. The molecule has 1 unspecified atom stereocenters. The fourth-order valence-corrected chi connectivity index (χ4v) is 2.66. The van der Waals surface area contributed by atoms with E-state index < -0.39 is 0 Å². The standard InChI is InChI=1S/C16H19N3O/c20-16(17-10-9-12-5-2-1-3-6-12)13-7-4-8-14-15(13)19-11-18-14/h1-6,8,13,18-19H,7,9-11H2,(H,17,20). The monoisotopic (exact) mass is 269 g/mol. The molecular formula is C16H19N3O. The van der Waals surface area contributed by atoms with Crippen molar-refractivity contribution in [2.75, 3.05) is 13.2 Å². The van der Waals surface area contributed by atoms with Crippen LogP contribution in [0.5, 0.6) is 0 Å². The van der Waals surface area contributed by atoms with E-state index in [2.05, 4.69) is 34.2 Å². The van der Waals surface area contributed by atoms with Crippen molar-refractivity contribution in [2.24, 2.45) is 5.92 Å². The minimum Gasteiger partial charge on any atom is -0.369 e. The van der Waals surface area contributed by atoms with Gasteiger partial charge in [-0.25, -0.2) is 0 Å². The normalized spacial score (nSPS) is 20.1. The summed E-state index contributed by atoms with van der Waals surface area (Å²) >= 11 is 0. The molecule has 1 aliphatic heterocycles. The number of hydrogen-bond donors (Lipinski definition) is 3. The number of carbonyl (C=O) groups excluding carboxylic acids is 1. The van der Waals surface area contributed by atoms with Crippen LogP contribution in [0.1, 0.15) is 12.0 Å². The Balaban J connectivity index is 1.54. The maximum Gasteiger partial charge on any atom is 0.229 e. The van der Waals surface area contributed by atoms with E-state index in [9.17, 15) is 4.79 Å². The van der Waals surface area contributed by atoms with Crippen LogP contribution in [0.15, 0.2) is 53.9 Å². The van der Waals surface area contributed by atoms with Gasteiger partial charge in [-0.05, 0) is 24.5 Å². The molecule has 1 aliphatic carbocycles. The third-order valence-electron chi connectivity index (χ3n) is 3.72. The second-order valence-corrected chi connectivity index (χ2v) is 5.07. The molecule has 0 saturated heterocycles. The molecule has 0 bridgehead atoms. The van der Waals surface area contributed by atoms with E-state index in [1.54, 1.807) is 0 Å². The van der Waals surface area contributed by atoms with Crippen molar-refractivity contribution in [3.63, 3.8) is 0 Å². The Hall–Kier alpha value is -2.23. The van der Waals surface area contributed by atoms with Crippen LogP contribution in [0.4, 0.5) is 0 Å². The van der Waals surface area contributed by atoms with Gasteiger partial charge in [0.15, 0.2) is 0 Å². The van der Waals surface area contributed by atoms with E-state index in [1.165, 1.54) is 5.56 Å². The lowest BCUT2D eigenvalue weighted by molar-refractivity contribution is -0.123. The van der Waals surface area contributed by atoms with Gasteiger partial charge in [0.05, 0.1) is 18.3 Å². The van der Waals surface area contributed by atoms with Gasteiger partial charge in [0, 0.05) is 12.2 Å². The summed E-state index contributed by atoms with van der Waals surface area (Å²) in [6, 6.07) is 10.2. The average Bonchev–Trinajstić information content (AvgIpc) is 2.96. The largest absolute Gasteiger partial charge is 0.369 e. The smallest absolute Gasteiger partial charge is 0.229 e. The highest BCUT2D eigenvalue weighted by atomic mass is 16.1. The molecule has 0 aromatic heterocycles. The zero-order valence-electron chi connectivity index (χ0n) is 11.4. The Morgan fingerprint density at radius 3 is 2.95 bits per heavy atom. The topological polar surface area (TPSA) is 53.2 Å². The Kier molecular flexibility index (Phi) is 3.72. The molecule has 3 N–H and O–H groups in total. The third-order valence-corrected chi connectivity index (χ3v) is 3.72. The molecule has 20 heavy (non-hydrogen) atoms. The van der Waals surface area contributed by atoms with Crippen LogP contribution in [0, 0.1) is 5.92 Å². The summed E-state index contributed by atoms with van der Waals surface area (Å²) in [6.45, 7) is 1.39. The van der Waals surface area contributed by atoms with E-state index in [1.807, 2.05) is 24.3 Å². The SMILES string of the molecule is O=C(NCCc1ccccc1)C1CC=CC2=C1NCN2. The quantitative estimate of drug-likeness (QED) is 0.772. The van der Waals surface area contributed by atoms with Gasteiger partial charge in [0.1, 0.15) is 0 Å². The first-order valence-electron chi connectivity index (χ1n) is 7.04. The van der Waals surface area contributed by atoms with Crippen molar-refractivity contribution in [3.8, 4) is 0 Å². The highest BCUT2D eigenvalue weighted by Gasteiger charge is 2.28. The van der Waals surface area contributed by atoms with Crippen LogP contribution >= 0.6 is 0 Å². The molecule has 1 aromatic rings. The van der Waals surface area contributed by atoms with Gasteiger partial charge in [-0.1, -0.05) is 36.4 Å². The van der Waals surface area contributed by atoms with Crippen molar-refractivity contribution in [3.05, 3.63) is 59.4 Å². The summed E-state index contributed by atoms with van der Waals surface area (Å²) in [4.78, 5) is 12.3. The summed E-state index contributed by atoms with van der Waals surface area (Å²) in [7, 11) is 0. The maximum atomic E-state index is 12.3. The summed E-state index contributed by atoms with van der Waals surface area (Å²) in [5.41, 5.74) is 3.33. The van der Waals surface area contributed by atoms with Crippen molar-refractivity contribution in [1.82, 2.24) is 16.0 Å². The summed E-state index contributed by atoms with van der Waals surface area (Å²) in [5, 5.41) is 9.52. The molecule has 0 spiro atoms. The fraction of sp³-hybridized carbons (Fsp3) is 0.312. The summed E-state index contributed by atoms with van der Waals surface area (Å²) < 4.78 is 0. The predicted molar refractivity (Wildman–Crippen MR) is 78.6 cm³/mol. The Bertz CT molecular complexity index is 548. The lowest BCUT2D eigenvalue weighted by atomic mass is 9.94. The van der Waals surface area contributed by atoms with Gasteiger partial charge >= 0.3 is 0 Å². The van der Waals surface area contributed by atoms with Crippen molar-refractivity contribution in [1.29, 1.82) is 0 Å². The van der Waals surface area contributed by atoms with Gasteiger partial charge in [0.2, 0.25) is 5.91 Å². The lowest BCUT2D eigenvalue weighted by Gasteiger charge is -2.20. The number of allylic oxidation sites excluding steroid dienone is 2. The molecular weight excluding hydrogens is 250 g/mol. The van der Waals surface area contributed by atoms with Crippen LogP contribution in [-0.2, 0) is 11.2 Å². The first-order valence-corrected chi connectivity index (χ1v) is 7.04. The second-order valence-electron chi connectivity index (χ2n) is 5.07. The molecule has 104 valence electrons. The van der Waals surface area contributed by atoms with Crippen molar-refractivity contribution >= 4 is 5.91 Å². The van der Waals surface area contributed by atoms with Crippen molar-refractivity contribution in [2.45, 2.75) is 12.8 Å². The number of benzene rings is 1. The number of carbonyl (C=O) groups is 1. The molecule has 4 heteroatoms. The first kappa shape index (κ1) is 12.8. The maximum absolute atomic E-state index is 12.3. The molecule has 3 rings (SSSR count). The molecule has 1 heterocycles. The average molecular weight is 269 g/mol. The highest BCUT2D eigenvalue weighted by Crippen LogP contribution is 2.24. The highest BCUT2D eigenvalue weighted by molar-refractivity contribution is 5.82. The first-order chi connectivity index (χ1) is 9.84. The Morgan fingerprint density at radius 1 is 1.25 bits per heavy atom. The third kappa shape index (κ3) is 2.69. The number of nitrogens with one attached hydrogen (secondary N) is 3. The Labute approximate surface area is 119 Å². The molecule has 0 saturated carbocycles. The van der Waals surface area contributed by atoms with E-state index in [0.717, 1.165) is 24.2 Å². The minimum atomic E-state index is -0.0826. The van der Waals surface area contributed by atoms with Crippen LogP contribution in [0.3, 0.4) is 0 Å². The van der Waals surface area contributed by atoms with Crippen LogP contribution in [0.25, 0.3) is 0 Å².